The molecular weight excluding hydrogens is 380 g/mol. The monoisotopic (exact) mass is 394 g/mol. The number of hydrogen-bond donors (Lipinski definition) is 2. The van der Waals surface area contributed by atoms with Gasteiger partial charge >= 0.3 is 0 Å². The maximum Gasteiger partial charge on any atom is 0.209 e. The lowest BCUT2D eigenvalue weighted by Gasteiger charge is -2.04. The molecule has 0 fully saturated rings. The first-order valence-corrected chi connectivity index (χ1v) is 9.87. The van der Waals surface area contributed by atoms with E-state index in [1.54, 1.807) is 15.9 Å². The molecule has 27 heavy (non-hydrogen) atoms. The number of allylic oxidation sites excluding steroid dienone is 1. The fourth-order valence-corrected chi connectivity index (χ4v) is 3.99. The number of benzene rings is 1. The molecule has 0 spiro atoms. The highest BCUT2D eigenvalue weighted by Gasteiger charge is 2.17. The lowest BCUT2D eigenvalue weighted by Crippen LogP contribution is -2.01. The molecular formula is C18H14N6OS2. The molecule has 4 aromatic rings. The van der Waals surface area contributed by atoms with Gasteiger partial charge in [-0.15, -0.1) is 16.4 Å². The minimum absolute atomic E-state index is 0.0524. The maximum absolute atomic E-state index is 10.5. The van der Waals surface area contributed by atoms with Gasteiger partial charge in [-0.25, -0.2) is 9.97 Å². The van der Waals surface area contributed by atoms with Crippen LogP contribution in [0.3, 0.4) is 0 Å². The molecule has 0 aliphatic carbocycles. The number of hydrogen-bond acceptors (Lipinski definition) is 7. The number of aromatic amines is 1. The third kappa shape index (κ3) is 3.32. The summed E-state index contributed by atoms with van der Waals surface area (Å²) in [5, 5.41) is 29.6. The largest absolute Gasteiger partial charge is 0.510 e. The van der Waals surface area contributed by atoms with E-state index in [-0.39, 0.29) is 17.1 Å². The second kappa shape index (κ2) is 7.26. The minimum atomic E-state index is -0.0524. The first kappa shape index (κ1) is 17.3. The van der Waals surface area contributed by atoms with Crippen molar-refractivity contribution in [1.29, 1.82) is 5.26 Å². The molecule has 0 radical (unpaired) electrons. The van der Waals surface area contributed by atoms with E-state index in [0.717, 1.165) is 15.9 Å². The Balaban J connectivity index is 1.57. The van der Waals surface area contributed by atoms with Gasteiger partial charge in [0, 0.05) is 7.05 Å². The molecule has 0 bridgehead atoms. The van der Waals surface area contributed by atoms with Crippen LogP contribution in [-0.2, 0) is 7.05 Å². The van der Waals surface area contributed by atoms with Crippen molar-refractivity contribution in [2.24, 2.45) is 7.05 Å². The molecule has 9 heteroatoms. The second-order valence-electron chi connectivity index (χ2n) is 5.65. The Morgan fingerprint density at radius 1 is 1.30 bits per heavy atom. The summed E-state index contributed by atoms with van der Waals surface area (Å²) in [5.41, 5.74) is 1.82. The fourth-order valence-electron chi connectivity index (χ4n) is 2.65. The number of nitrogens with zero attached hydrogens (tertiary/aromatic N) is 5. The van der Waals surface area contributed by atoms with E-state index in [0.29, 0.717) is 16.8 Å². The van der Waals surface area contributed by atoms with Crippen molar-refractivity contribution in [3.8, 4) is 16.8 Å². The molecule has 1 aromatic carbocycles. The van der Waals surface area contributed by atoms with Crippen molar-refractivity contribution < 1.29 is 5.11 Å². The van der Waals surface area contributed by atoms with Crippen LogP contribution in [-0.4, -0.2) is 35.6 Å². The molecule has 0 saturated heterocycles. The van der Waals surface area contributed by atoms with E-state index in [1.165, 1.54) is 11.8 Å². The van der Waals surface area contributed by atoms with Gasteiger partial charge in [-0.2, -0.15) is 5.26 Å². The van der Waals surface area contributed by atoms with Crippen molar-refractivity contribution in [2.45, 2.75) is 5.16 Å². The number of aliphatic hydroxyl groups excluding tert-OH is 1. The zero-order valence-corrected chi connectivity index (χ0v) is 15.9. The van der Waals surface area contributed by atoms with Crippen LogP contribution < -0.4 is 0 Å². The zero-order valence-electron chi connectivity index (χ0n) is 14.2. The number of imidazole rings is 1. The third-order valence-electron chi connectivity index (χ3n) is 3.97. The smallest absolute Gasteiger partial charge is 0.209 e. The SMILES string of the molecule is Cn1c(/C(C#N)=C(\O)CSc2n[nH]c(-c3cccs3)n2)nc2ccccc21. The average Bonchev–Trinajstić information content (AvgIpc) is 3.42. The molecule has 134 valence electrons. The molecule has 0 unspecified atom stereocenters. The average molecular weight is 394 g/mol. The molecule has 0 atom stereocenters. The highest BCUT2D eigenvalue weighted by Crippen LogP contribution is 2.26. The van der Waals surface area contributed by atoms with E-state index in [1.807, 2.05) is 48.8 Å². The number of rotatable bonds is 5. The van der Waals surface area contributed by atoms with Gasteiger partial charge < -0.3 is 9.67 Å². The highest BCUT2D eigenvalue weighted by atomic mass is 32.2. The molecule has 0 amide bonds. The van der Waals surface area contributed by atoms with Gasteiger partial charge in [-0.3, -0.25) is 5.10 Å². The van der Waals surface area contributed by atoms with Crippen LogP contribution in [0.1, 0.15) is 5.82 Å². The van der Waals surface area contributed by atoms with Crippen molar-refractivity contribution in [3.63, 3.8) is 0 Å². The van der Waals surface area contributed by atoms with Crippen LogP contribution in [0.5, 0.6) is 0 Å². The van der Waals surface area contributed by atoms with Crippen molar-refractivity contribution >= 4 is 39.7 Å². The van der Waals surface area contributed by atoms with E-state index in [9.17, 15) is 10.4 Å². The number of H-pyrrole nitrogens is 1. The Morgan fingerprint density at radius 3 is 2.89 bits per heavy atom. The summed E-state index contributed by atoms with van der Waals surface area (Å²) in [4.78, 5) is 9.87. The summed E-state index contributed by atoms with van der Waals surface area (Å²) in [6.45, 7) is 0. The van der Waals surface area contributed by atoms with Crippen LogP contribution >= 0.6 is 23.1 Å². The van der Waals surface area contributed by atoms with Crippen molar-refractivity contribution in [3.05, 3.63) is 53.4 Å². The summed E-state index contributed by atoms with van der Waals surface area (Å²) in [5.74, 6) is 1.25. The number of thiophene rings is 1. The van der Waals surface area contributed by atoms with Crippen molar-refractivity contribution in [2.75, 3.05) is 5.75 Å². The first-order valence-electron chi connectivity index (χ1n) is 8.00. The summed E-state index contributed by atoms with van der Waals surface area (Å²) in [7, 11) is 1.82. The number of para-hydroxylation sites is 2. The van der Waals surface area contributed by atoms with Crippen LogP contribution in [0.2, 0.25) is 0 Å². The second-order valence-corrected chi connectivity index (χ2v) is 7.54. The number of fused-ring (bicyclic) bond motifs is 1. The summed E-state index contributed by atoms with van der Waals surface area (Å²) in [6, 6.07) is 13.6. The van der Waals surface area contributed by atoms with Crippen LogP contribution in [0.15, 0.2) is 52.7 Å². The molecule has 2 N–H and O–H groups in total. The Labute approximate surface area is 163 Å². The number of aryl methyl sites for hydroxylation is 1. The van der Waals surface area contributed by atoms with E-state index >= 15 is 0 Å². The maximum atomic E-state index is 10.5. The van der Waals surface area contributed by atoms with Gasteiger partial charge in [0.1, 0.15) is 17.4 Å². The lowest BCUT2D eigenvalue weighted by molar-refractivity contribution is 0.420. The lowest BCUT2D eigenvalue weighted by atomic mass is 10.2. The first-order chi connectivity index (χ1) is 13.2. The zero-order chi connectivity index (χ0) is 18.8. The Hall–Kier alpha value is -3.09. The normalized spacial score (nSPS) is 12.1. The predicted octanol–water partition coefficient (Wildman–Crippen LogP) is 4.00. The van der Waals surface area contributed by atoms with Crippen LogP contribution in [0, 0.1) is 11.3 Å². The van der Waals surface area contributed by atoms with E-state index in [4.69, 9.17) is 0 Å². The Morgan fingerprint density at radius 2 is 2.15 bits per heavy atom. The van der Waals surface area contributed by atoms with E-state index in [2.05, 4.69) is 26.2 Å². The molecule has 3 heterocycles. The number of aromatic nitrogens is 5. The molecule has 7 nitrogen and oxygen atoms in total. The quantitative estimate of drug-likeness (QED) is 0.301. The Kier molecular flexibility index (Phi) is 4.66. The number of nitriles is 1. The molecule has 0 saturated carbocycles. The summed E-state index contributed by atoms with van der Waals surface area (Å²) >= 11 is 2.82. The molecule has 0 aliphatic rings. The van der Waals surface area contributed by atoms with Gasteiger partial charge in [0.15, 0.2) is 11.6 Å². The van der Waals surface area contributed by atoms with Gasteiger partial charge in [0.2, 0.25) is 5.16 Å². The molecule has 0 aliphatic heterocycles. The standard InChI is InChI=1S/C18H14N6OS2/c1-24-13-6-3-2-5-12(13)20-17(24)11(9-19)14(25)10-27-18-21-16(22-23-18)15-7-4-8-26-15/h2-8,25H,10H2,1H3,(H,21,22,23)/b14-11-. The summed E-state index contributed by atoms with van der Waals surface area (Å²) < 4.78 is 1.80. The van der Waals surface area contributed by atoms with Gasteiger partial charge in [0.05, 0.1) is 21.7 Å². The molecule has 3 aromatic heterocycles. The highest BCUT2D eigenvalue weighted by molar-refractivity contribution is 7.99. The third-order valence-corrected chi connectivity index (χ3v) is 5.70. The van der Waals surface area contributed by atoms with Gasteiger partial charge in [-0.1, -0.05) is 30.0 Å². The summed E-state index contributed by atoms with van der Waals surface area (Å²) in [6.07, 6.45) is 0. The van der Waals surface area contributed by atoms with Crippen molar-refractivity contribution in [1.82, 2.24) is 24.7 Å². The molecule has 4 rings (SSSR count). The van der Waals surface area contributed by atoms with Crippen LogP contribution in [0.25, 0.3) is 27.3 Å². The number of aliphatic hydroxyl groups is 1. The minimum Gasteiger partial charge on any atom is -0.510 e. The fraction of sp³-hybridized carbons (Fsp3) is 0.111. The van der Waals surface area contributed by atoms with Gasteiger partial charge in [-0.05, 0) is 23.6 Å². The van der Waals surface area contributed by atoms with Gasteiger partial charge in [0.25, 0.3) is 0 Å². The predicted molar refractivity (Wildman–Crippen MR) is 106 cm³/mol. The topological polar surface area (TPSA) is 103 Å². The Bertz CT molecular complexity index is 1170. The number of nitrogens with one attached hydrogen (secondary N) is 1. The van der Waals surface area contributed by atoms with E-state index < -0.39 is 0 Å². The van der Waals surface area contributed by atoms with Crippen LogP contribution in [0.4, 0.5) is 0 Å². The number of thioether (sulfide) groups is 1.